The lowest BCUT2D eigenvalue weighted by Crippen LogP contribution is -2.46. The number of rotatable bonds is 6. The smallest absolute Gasteiger partial charge is 0.307 e. The zero-order valence-corrected chi connectivity index (χ0v) is 11.3. The number of carbonyl (C=O) groups excluding carboxylic acids is 1. The Morgan fingerprint density at radius 2 is 2.32 bits per heavy atom. The van der Waals surface area contributed by atoms with Crippen molar-refractivity contribution in [2.45, 2.75) is 26.3 Å². The minimum absolute atomic E-state index is 0.142. The van der Waals surface area contributed by atoms with Crippen molar-refractivity contribution < 1.29 is 9.72 Å². The van der Waals surface area contributed by atoms with Crippen LogP contribution in [-0.4, -0.2) is 33.7 Å². The van der Waals surface area contributed by atoms with Gasteiger partial charge >= 0.3 is 5.69 Å². The van der Waals surface area contributed by atoms with Gasteiger partial charge in [0.15, 0.2) is 0 Å². The second-order valence-corrected chi connectivity index (χ2v) is 5.01. The Hall–Kier alpha value is -1.96. The van der Waals surface area contributed by atoms with Gasteiger partial charge in [0.05, 0.1) is 4.92 Å². The van der Waals surface area contributed by atoms with Crippen LogP contribution in [0.5, 0.6) is 0 Å². The Morgan fingerprint density at radius 1 is 1.68 bits per heavy atom. The van der Waals surface area contributed by atoms with E-state index >= 15 is 0 Å². The number of nitro groups is 1. The number of nitrogens with zero attached hydrogens (tertiary/aromatic N) is 3. The Balaban J connectivity index is 2.77. The van der Waals surface area contributed by atoms with Crippen LogP contribution in [0.1, 0.15) is 20.8 Å². The van der Waals surface area contributed by atoms with E-state index < -0.39 is 10.5 Å². The molecule has 19 heavy (non-hydrogen) atoms. The molecule has 0 aliphatic heterocycles. The van der Waals surface area contributed by atoms with E-state index in [2.05, 4.69) is 10.4 Å². The molecule has 1 aromatic heterocycles. The van der Waals surface area contributed by atoms with Crippen LogP contribution >= 0.6 is 0 Å². The van der Waals surface area contributed by atoms with Gasteiger partial charge in [-0.2, -0.15) is 5.10 Å². The van der Waals surface area contributed by atoms with Crippen LogP contribution < -0.4 is 11.1 Å². The Morgan fingerprint density at radius 3 is 2.79 bits per heavy atom. The molecule has 0 radical (unpaired) electrons. The maximum atomic E-state index is 12.1. The summed E-state index contributed by atoms with van der Waals surface area (Å²) in [5, 5.41) is 17.2. The molecule has 0 spiro atoms. The van der Waals surface area contributed by atoms with Crippen LogP contribution in [0.3, 0.4) is 0 Å². The molecular weight excluding hydrogens is 250 g/mol. The lowest BCUT2D eigenvalue weighted by atomic mass is 10.0. The first kappa shape index (κ1) is 15.1. The zero-order chi connectivity index (χ0) is 14.6. The highest BCUT2D eigenvalue weighted by molar-refractivity contribution is 5.83. The van der Waals surface area contributed by atoms with E-state index in [1.165, 1.54) is 10.9 Å². The molecule has 1 rings (SSSR count). The van der Waals surface area contributed by atoms with Gasteiger partial charge in [0, 0.05) is 6.54 Å². The van der Waals surface area contributed by atoms with Crippen LogP contribution in [0.4, 0.5) is 5.69 Å². The minimum atomic E-state index is -0.997. The summed E-state index contributed by atoms with van der Waals surface area (Å²) in [7, 11) is 0. The molecule has 0 aliphatic carbocycles. The molecule has 0 aliphatic rings. The van der Waals surface area contributed by atoms with E-state index in [1.54, 1.807) is 13.8 Å². The predicted octanol–water partition coefficient (Wildman–Crippen LogP) is 0.237. The number of nitrogens with two attached hydrogens (primary N) is 1. The van der Waals surface area contributed by atoms with Crippen molar-refractivity contribution in [2.24, 2.45) is 11.7 Å². The Bertz CT molecular complexity index is 469. The van der Waals surface area contributed by atoms with Crippen molar-refractivity contribution in [1.82, 2.24) is 15.1 Å². The van der Waals surface area contributed by atoms with Gasteiger partial charge in [-0.1, -0.05) is 6.92 Å². The summed E-state index contributed by atoms with van der Waals surface area (Å²) in [4.78, 5) is 22.1. The molecule has 0 saturated carbocycles. The minimum Gasteiger partial charge on any atom is -0.354 e. The molecule has 0 bridgehead atoms. The van der Waals surface area contributed by atoms with Gasteiger partial charge < -0.3 is 11.1 Å². The van der Waals surface area contributed by atoms with Crippen molar-refractivity contribution in [1.29, 1.82) is 0 Å². The van der Waals surface area contributed by atoms with Crippen LogP contribution in [0.25, 0.3) is 0 Å². The monoisotopic (exact) mass is 269 g/mol. The summed E-state index contributed by atoms with van der Waals surface area (Å²) in [6.07, 6.45) is 2.36. The fourth-order valence-electron chi connectivity index (χ4n) is 1.38. The van der Waals surface area contributed by atoms with Gasteiger partial charge in [-0.3, -0.25) is 19.6 Å². The highest BCUT2D eigenvalue weighted by atomic mass is 16.6. The first-order chi connectivity index (χ1) is 8.78. The molecule has 1 aromatic rings. The molecule has 106 valence electrons. The molecule has 1 amide bonds. The van der Waals surface area contributed by atoms with Crippen molar-refractivity contribution >= 4 is 11.6 Å². The second-order valence-electron chi connectivity index (χ2n) is 5.01. The Labute approximate surface area is 111 Å². The summed E-state index contributed by atoms with van der Waals surface area (Å²) in [6.45, 7) is 6.15. The maximum Gasteiger partial charge on any atom is 0.307 e. The Kier molecular flexibility index (Phi) is 4.60. The largest absolute Gasteiger partial charge is 0.354 e. The fourth-order valence-corrected chi connectivity index (χ4v) is 1.38. The summed E-state index contributed by atoms with van der Waals surface area (Å²) >= 11 is 0. The van der Waals surface area contributed by atoms with Crippen LogP contribution in [0.15, 0.2) is 12.4 Å². The molecule has 0 saturated heterocycles. The standard InChI is InChI=1S/C11H19N5O3/c1-8(4-12)5-13-10(17)11(2,3)15-7-9(6-14-15)16(18)19/h6-8H,4-5,12H2,1-3H3,(H,13,17). The van der Waals surface area contributed by atoms with Crippen molar-refractivity contribution in [3.8, 4) is 0 Å². The third kappa shape index (κ3) is 3.50. The molecule has 3 N–H and O–H groups in total. The van der Waals surface area contributed by atoms with Gasteiger partial charge in [0.1, 0.15) is 17.9 Å². The quantitative estimate of drug-likeness (QED) is 0.566. The summed E-state index contributed by atoms with van der Waals surface area (Å²) < 4.78 is 1.29. The molecular formula is C11H19N5O3. The number of hydrogen-bond acceptors (Lipinski definition) is 5. The molecule has 0 fully saturated rings. The van der Waals surface area contributed by atoms with Crippen LogP contribution in [-0.2, 0) is 10.3 Å². The van der Waals surface area contributed by atoms with Crippen molar-refractivity contribution in [3.05, 3.63) is 22.5 Å². The third-order valence-electron chi connectivity index (χ3n) is 2.92. The van der Waals surface area contributed by atoms with Crippen LogP contribution in [0.2, 0.25) is 0 Å². The van der Waals surface area contributed by atoms with Gasteiger partial charge in [-0.05, 0) is 26.3 Å². The highest BCUT2D eigenvalue weighted by Gasteiger charge is 2.31. The van der Waals surface area contributed by atoms with Crippen molar-refractivity contribution in [2.75, 3.05) is 13.1 Å². The highest BCUT2D eigenvalue weighted by Crippen LogP contribution is 2.18. The first-order valence-electron chi connectivity index (χ1n) is 5.97. The SMILES string of the molecule is CC(CN)CNC(=O)C(C)(C)n1cc([N+](=O)[O-])cn1. The normalized spacial score (nSPS) is 13.1. The van der Waals surface area contributed by atoms with E-state index in [4.69, 9.17) is 5.73 Å². The van der Waals surface area contributed by atoms with Crippen molar-refractivity contribution in [3.63, 3.8) is 0 Å². The fraction of sp³-hybridized carbons (Fsp3) is 0.636. The average molecular weight is 269 g/mol. The second kappa shape index (κ2) is 5.79. The molecule has 8 nitrogen and oxygen atoms in total. The van der Waals surface area contributed by atoms with E-state index in [0.717, 1.165) is 6.20 Å². The van der Waals surface area contributed by atoms with Gasteiger partial charge in [0.2, 0.25) is 5.91 Å². The topological polar surface area (TPSA) is 116 Å². The van der Waals surface area contributed by atoms with Gasteiger partial charge in [-0.15, -0.1) is 0 Å². The molecule has 1 atom stereocenters. The number of nitrogens with one attached hydrogen (secondary N) is 1. The van der Waals surface area contributed by atoms with Gasteiger partial charge in [-0.25, -0.2) is 0 Å². The molecule has 0 aromatic carbocycles. The molecule has 8 heteroatoms. The number of carbonyl (C=O) groups is 1. The summed E-state index contributed by atoms with van der Waals surface area (Å²) in [6, 6.07) is 0. The number of amides is 1. The lowest BCUT2D eigenvalue weighted by molar-refractivity contribution is -0.385. The first-order valence-corrected chi connectivity index (χ1v) is 5.97. The number of aromatic nitrogens is 2. The number of hydrogen-bond donors (Lipinski definition) is 2. The predicted molar refractivity (Wildman–Crippen MR) is 69.4 cm³/mol. The van der Waals surface area contributed by atoms with E-state index in [1.807, 2.05) is 6.92 Å². The summed E-state index contributed by atoms with van der Waals surface area (Å²) in [5.41, 5.74) is 4.33. The maximum absolute atomic E-state index is 12.1. The third-order valence-corrected chi connectivity index (χ3v) is 2.92. The zero-order valence-electron chi connectivity index (χ0n) is 11.3. The molecule has 1 unspecified atom stereocenters. The molecule has 1 heterocycles. The average Bonchev–Trinajstić information content (AvgIpc) is 2.85. The van der Waals surface area contributed by atoms with E-state index in [0.29, 0.717) is 13.1 Å². The van der Waals surface area contributed by atoms with Gasteiger partial charge in [0.25, 0.3) is 0 Å². The summed E-state index contributed by atoms with van der Waals surface area (Å²) in [5.74, 6) is -0.0856. The van der Waals surface area contributed by atoms with Crippen LogP contribution in [0, 0.1) is 16.0 Å². The van der Waals surface area contributed by atoms with E-state index in [9.17, 15) is 14.9 Å². The van der Waals surface area contributed by atoms with E-state index in [-0.39, 0.29) is 17.5 Å². The lowest BCUT2D eigenvalue weighted by Gasteiger charge is -2.24.